The molecule has 1 atom stereocenters. The van der Waals surface area contributed by atoms with Crippen LogP contribution in [0.1, 0.15) is 31.4 Å². The van der Waals surface area contributed by atoms with Crippen LogP contribution in [0.4, 0.5) is 11.4 Å². The van der Waals surface area contributed by atoms with Crippen molar-refractivity contribution in [1.29, 1.82) is 0 Å². The SMILES string of the molecule is Cc1cc2c(cc1C)N[C@H](CC(=O)NC(C)C)C(=O)N2. The summed E-state index contributed by atoms with van der Waals surface area (Å²) >= 11 is 0. The van der Waals surface area contributed by atoms with Crippen LogP contribution < -0.4 is 16.0 Å². The van der Waals surface area contributed by atoms with Gasteiger partial charge in [0, 0.05) is 6.04 Å². The van der Waals surface area contributed by atoms with Crippen LogP contribution in [0.5, 0.6) is 0 Å². The van der Waals surface area contributed by atoms with E-state index in [0.29, 0.717) is 0 Å². The van der Waals surface area contributed by atoms with Gasteiger partial charge in [0.2, 0.25) is 11.8 Å². The first-order valence-electron chi connectivity index (χ1n) is 6.85. The zero-order valence-corrected chi connectivity index (χ0v) is 12.3. The van der Waals surface area contributed by atoms with Gasteiger partial charge in [0.1, 0.15) is 6.04 Å². The lowest BCUT2D eigenvalue weighted by Gasteiger charge is -2.27. The topological polar surface area (TPSA) is 70.2 Å². The Kier molecular flexibility index (Phi) is 3.97. The molecule has 1 aliphatic heterocycles. The molecule has 1 aromatic rings. The van der Waals surface area contributed by atoms with Gasteiger partial charge in [0.25, 0.3) is 0 Å². The molecule has 5 nitrogen and oxygen atoms in total. The quantitative estimate of drug-likeness (QED) is 0.789. The molecule has 108 valence electrons. The molecule has 20 heavy (non-hydrogen) atoms. The van der Waals surface area contributed by atoms with Crippen LogP contribution in [0, 0.1) is 13.8 Å². The van der Waals surface area contributed by atoms with Crippen LogP contribution in [0.15, 0.2) is 12.1 Å². The molecule has 0 unspecified atom stereocenters. The third-order valence-electron chi connectivity index (χ3n) is 3.38. The maximum Gasteiger partial charge on any atom is 0.247 e. The summed E-state index contributed by atoms with van der Waals surface area (Å²) in [6.07, 6.45) is 0.135. The molecular weight excluding hydrogens is 254 g/mol. The monoisotopic (exact) mass is 275 g/mol. The highest BCUT2D eigenvalue weighted by Gasteiger charge is 2.27. The van der Waals surface area contributed by atoms with Crippen molar-refractivity contribution in [3.63, 3.8) is 0 Å². The molecule has 0 saturated carbocycles. The van der Waals surface area contributed by atoms with E-state index >= 15 is 0 Å². The number of nitrogens with one attached hydrogen (secondary N) is 3. The van der Waals surface area contributed by atoms with Crippen molar-refractivity contribution >= 4 is 23.2 Å². The zero-order chi connectivity index (χ0) is 14.9. The Morgan fingerprint density at radius 3 is 2.45 bits per heavy atom. The number of amides is 2. The molecule has 2 amide bonds. The Labute approximate surface area is 119 Å². The highest BCUT2D eigenvalue weighted by Crippen LogP contribution is 2.30. The Bertz CT molecular complexity index is 552. The maximum absolute atomic E-state index is 12.0. The van der Waals surface area contributed by atoms with E-state index in [4.69, 9.17) is 0 Å². The van der Waals surface area contributed by atoms with Crippen molar-refractivity contribution in [3.05, 3.63) is 23.3 Å². The second-order valence-corrected chi connectivity index (χ2v) is 5.59. The van der Waals surface area contributed by atoms with Crippen molar-refractivity contribution in [2.45, 2.75) is 46.2 Å². The molecule has 0 radical (unpaired) electrons. The molecular formula is C15H21N3O2. The number of benzene rings is 1. The Morgan fingerprint density at radius 2 is 1.85 bits per heavy atom. The van der Waals surface area contributed by atoms with Crippen LogP contribution in [-0.2, 0) is 9.59 Å². The van der Waals surface area contributed by atoms with E-state index < -0.39 is 6.04 Å². The first-order valence-corrected chi connectivity index (χ1v) is 6.85. The van der Waals surface area contributed by atoms with Gasteiger partial charge in [-0.1, -0.05) is 0 Å². The molecule has 5 heteroatoms. The number of carbonyl (C=O) groups excluding carboxylic acids is 2. The van der Waals surface area contributed by atoms with Gasteiger partial charge in [-0.3, -0.25) is 9.59 Å². The summed E-state index contributed by atoms with van der Waals surface area (Å²) in [4.78, 5) is 23.8. The molecule has 1 aromatic carbocycles. The van der Waals surface area contributed by atoms with Crippen molar-refractivity contribution in [2.75, 3.05) is 10.6 Å². The average molecular weight is 275 g/mol. The molecule has 0 fully saturated rings. The molecule has 0 aliphatic carbocycles. The van der Waals surface area contributed by atoms with Crippen LogP contribution in [0.3, 0.4) is 0 Å². The minimum Gasteiger partial charge on any atom is -0.372 e. The van der Waals surface area contributed by atoms with E-state index in [1.807, 2.05) is 39.8 Å². The van der Waals surface area contributed by atoms with E-state index in [2.05, 4.69) is 16.0 Å². The highest BCUT2D eigenvalue weighted by atomic mass is 16.2. The molecule has 2 rings (SSSR count). The first-order chi connectivity index (χ1) is 9.36. The minimum absolute atomic E-state index is 0.0753. The summed E-state index contributed by atoms with van der Waals surface area (Å²) in [6.45, 7) is 7.82. The second kappa shape index (κ2) is 5.53. The van der Waals surface area contributed by atoms with Crippen LogP contribution in [0.2, 0.25) is 0 Å². The smallest absolute Gasteiger partial charge is 0.247 e. The van der Waals surface area contributed by atoms with Crippen molar-refractivity contribution in [2.24, 2.45) is 0 Å². The summed E-state index contributed by atoms with van der Waals surface area (Å²) in [5.41, 5.74) is 3.92. The van der Waals surface area contributed by atoms with Gasteiger partial charge in [-0.25, -0.2) is 0 Å². The second-order valence-electron chi connectivity index (χ2n) is 5.59. The third kappa shape index (κ3) is 3.10. The fourth-order valence-electron chi connectivity index (χ4n) is 2.22. The molecule has 0 spiro atoms. The normalized spacial score (nSPS) is 17.2. The summed E-state index contributed by atoms with van der Waals surface area (Å²) in [5, 5.41) is 8.80. The van der Waals surface area contributed by atoms with Crippen LogP contribution in [0.25, 0.3) is 0 Å². The van der Waals surface area contributed by atoms with E-state index in [1.54, 1.807) is 0 Å². The third-order valence-corrected chi connectivity index (χ3v) is 3.38. The Balaban J connectivity index is 2.13. The lowest BCUT2D eigenvalue weighted by molar-refractivity contribution is -0.125. The summed E-state index contributed by atoms with van der Waals surface area (Å²) in [6, 6.07) is 3.49. The standard InChI is InChI=1S/C15H21N3O2/c1-8(2)16-14(19)7-13-15(20)18-12-6-10(4)9(3)5-11(12)17-13/h5-6,8,13,17H,7H2,1-4H3,(H,16,19)(H,18,20)/t13-/m1/s1. The number of carbonyl (C=O) groups is 2. The van der Waals surface area contributed by atoms with Crippen molar-refractivity contribution in [3.8, 4) is 0 Å². The van der Waals surface area contributed by atoms with Gasteiger partial charge in [0.15, 0.2) is 0 Å². The van der Waals surface area contributed by atoms with Crippen molar-refractivity contribution < 1.29 is 9.59 Å². The van der Waals surface area contributed by atoms with Gasteiger partial charge in [-0.05, 0) is 51.0 Å². The van der Waals surface area contributed by atoms with Gasteiger partial charge >= 0.3 is 0 Å². The number of rotatable bonds is 3. The number of hydrogen-bond acceptors (Lipinski definition) is 3. The van der Waals surface area contributed by atoms with Gasteiger partial charge < -0.3 is 16.0 Å². The average Bonchev–Trinajstić information content (AvgIpc) is 2.32. The minimum atomic E-state index is -0.525. The lowest BCUT2D eigenvalue weighted by atomic mass is 10.0. The van der Waals surface area contributed by atoms with Gasteiger partial charge in [-0.2, -0.15) is 0 Å². The lowest BCUT2D eigenvalue weighted by Crippen LogP contribution is -2.43. The molecule has 1 aliphatic rings. The van der Waals surface area contributed by atoms with Crippen molar-refractivity contribution in [1.82, 2.24) is 5.32 Å². The van der Waals surface area contributed by atoms with Gasteiger partial charge in [-0.15, -0.1) is 0 Å². The van der Waals surface area contributed by atoms with Crippen LogP contribution >= 0.6 is 0 Å². The Morgan fingerprint density at radius 1 is 1.25 bits per heavy atom. The molecule has 3 N–H and O–H groups in total. The van der Waals surface area contributed by atoms with Gasteiger partial charge in [0.05, 0.1) is 17.8 Å². The maximum atomic E-state index is 12.0. The number of anilines is 2. The summed E-state index contributed by atoms with van der Waals surface area (Å²) in [5.74, 6) is -0.292. The summed E-state index contributed by atoms with van der Waals surface area (Å²) < 4.78 is 0. The largest absolute Gasteiger partial charge is 0.372 e. The number of hydrogen-bond donors (Lipinski definition) is 3. The molecule has 0 bridgehead atoms. The predicted octanol–water partition coefficient (Wildman–Crippen LogP) is 1.95. The van der Waals surface area contributed by atoms with Crippen LogP contribution in [-0.4, -0.2) is 23.9 Å². The molecule has 0 saturated heterocycles. The van der Waals surface area contributed by atoms with E-state index in [1.165, 1.54) is 0 Å². The number of aryl methyl sites for hydroxylation is 2. The molecule has 0 aromatic heterocycles. The zero-order valence-electron chi connectivity index (χ0n) is 12.3. The van der Waals surface area contributed by atoms with E-state index in [9.17, 15) is 9.59 Å². The highest BCUT2D eigenvalue weighted by molar-refractivity contribution is 6.05. The first kappa shape index (κ1) is 14.4. The molecule has 1 heterocycles. The number of fused-ring (bicyclic) bond motifs is 1. The van der Waals surface area contributed by atoms with E-state index in [-0.39, 0.29) is 24.3 Å². The Hall–Kier alpha value is -2.04. The summed E-state index contributed by atoms with van der Waals surface area (Å²) in [7, 11) is 0. The van der Waals surface area contributed by atoms with E-state index in [0.717, 1.165) is 22.5 Å². The predicted molar refractivity (Wildman–Crippen MR) is 79.9 cm³/mol. The fourth-order valence-corrected chi connectivity index (χ4v) is 2.22. The fraction of sp³-hybridized carbons (Fsp3) is 0.467.